The molecule has 0 aliphatic carbocycles. The number of rotatable bonds is 11. The van der Waals surface area contributed by atoms with Gasteiger partial charge in [0, 0.05) is 39.5 Å². The van der Waals surface area contributed by atoms with Gasteiger partial charge in [0.15, 0.2) is 6.10 Å². The van der Waals surface area contributed by atoms with E-state index in [-0.39, 0.29) is 17.3 Å². The van der Waals surface area contributed by atoms with Crippen LogP contribution in [0.5, 0.6) is 11.5 Å². The van der Waals surface area contributed by atoms with Crippen molar-refractivity contribution in [1.29, 1.82) is 0 Å². The summed E-state index contributed by atoms with van der Waals surface area (Å²) in [6.07, 6.45) is -0.892. The van der Waals surface area contributed by atoms with Gasteiger partial charge in [0.05, 0.1) is 23.5 Å². The van der Waals surface area contributed by atoms with Crippen LogP contribution in [0.15, 0.2) is 30.6 Å². The average molecular weight is 584 g/mol. The quantitative estimate of drug-likeness (QED) is 0.170. The normalized spacial score (nSPS) is 16.5. The number of anilines is 3. The van der Waals surface area contributed by atoms with E-state index in [9.17, 15) is 21.8 Å². The number of hydrogen-bond donors (Lipinski definition) is 2. The number of nitrogens with zero attached hydrogens (tertiary/aromatic N) is 3. The number of fused-ring (bicyclic) bond motifs is 1. The Morgan fingerprint density at radius 2 is 1.90 bits per heavy atom. The highest BCUT2D eigenvalue weighted by molar-refractivity contribution is 8.00. The maximum Gasteiger partial charge on any atom is 0.425 e. The van der Waals surface area contributed by atoms with Crippen molar-refractivity contribution in [3.63, 3.8) is 0 Å². The molecule has 3 aromatic rings. The van der Waals surface area contributed by atoms with Gasteiger partial charge >= 0.3 is 6.18 Å². The van der Waals surface area contributed by atoms with E-state index < -0.39 is 27.8 Å². The Balaban J connectivity index is 1.70. The van der Waals surface area contributed by atoms with E-state index >= 15 is 0 Å². The van der Waals surface area contributed by atoms with Gasteiger partial charge in [-0.3, -0.25) is 0 Å². The molecule has 0 spiro atoms. The zero-order chi connectivity index (χ0) is 29.1. The molecular formula is C27H33F4N5O3S. The number of hydrogen-bond acceptors (Lipinski definition) is 7. The maximum absolute atomic E-state index is 14.0. The third-order valence-electron chi connectivity index (χ3n) is 6.47. The largest absolute Gasteiger partial charge is 0.491 e. The van der Waals surface area contributed by atoms with Gasteiger partial charge < -0.3 is 24.4 Å². The Kier molecular flexibility index (Phi) is 8.93. The molecule has 2 unspecified atom stereocenters. The second-order valence-corrected chi connectivity index (χ2v) is 12.1. The minimum atomic E-state index is -4.64. The molecule has 2 N–H and O–H groups in total. The lowest BCUT2D eigenvalue weighted by Crippen LogP contribution is -2.31. The van der Waals surface area contributed by atoms with Crippen LogP contribution in [0.3, 0.4) is 0 Å². The van der Waals surface area contributed by atoms with E-state index in [2.05, 4.69) is 30.8 Å². The molecule has 2 heterocycles. The van der Waals surface area contributed by atoms with Gasteiger partial charge in [0.2, 0.25) is 0 Å². The summed E-state index contributed by atoms with van der Waals surface area (Å²) in [5, 5.41) is 3.50. The summed E-state index contributed by atoms with van der Waals surface area (Å²) < 4.78 is 80.2. The number of aryl methyl sites for hydroxylation is 1. The van der Waals surface area contributed by atoms with Gasteiger partial charge in [-0.25, -0.2) is 18.6 Å². The van der Waals surface area contributed by atoms with Crippen molar-refractivity contribution in [2.75, 3.05) is 42.5 Å². The van der Waals surface area contributed by atoms with Crippen molar-refractivity contribution >= 4 is 43.7 Å². The summed E-state index contributed by atoms with van der Waals surface area (Å²) in [6, 6.07) is 4.92. The third kappa shape index (κ3) is 7.45. The van der Waals surface area contributed by atoms with Crippen LogP contribution in [0.2, 0.25) is 0 Å². The Morgan fingerprint density at radius 3 is 2.58 bits per heavy atom. The molecule has 13 heteroatoms. The zero-order valence-electron chi connectivity index (χ0n) is 22.6. The van der Waals surface area contributed by atoms with E-state index in [1.807, 2.05) is 0 Å². The smallest absolute Gasteiger partial charge is 0.425 e. The predicted molar refractivity (Wildman–Crippen MR) is 151 cm³/mol. The van der Waals surface area contributed by atoms with Gasteiger partial charge in [0.25, 0.3) is 0 Å². The van der Waals surface area contributed by atoms with Crippen molar-refractivity contribution in [1.82, 2.24) is 14.9 Å². The first-order chi connectivity index (χ1) is 18.8. The number of likely N-dealkylation sites (tertiary alicyclic amines) is 1. The first-order valence-electron chi connectivity index (χ1n) is 12.8. The SMILES string of the molecule is C=S(C)(=O)Nc1cc2ncnc(Nc3ccc(F)cc3OC(C)C(F)(F)F)c2c(C)c1OCCCN1CCCC1. The number of halogens is 4. The minimum absolute atomic E-state index is 0.0847. The average Bonchev–Trinajstić information content (AvgIpc) is 3.37. The van der Waals surface area contributed by atoms with Crippen LogP contribution < -0.4 is 19.5 Å². The summed E-state index contributed by atoms with van der Waals surface area (Å²) in [5.41, 5.74) is 1.60. The molecule has 1 aliphatic rings. The fraction of sp³-hybridized carbons (Fsp3) is 0.444. The van der Waals surface area contributed by atoms with Gasteiger partial charge in [-0.2, -0.15) is 13.2 Å². The van der Waals surface area contributed by atoms with Crippen molar-refractivity contribution in [3.05, 3.63) is 42.0 Å². The van der Waals surface area contributed by atoms with Gasteiger partial charge in [-0.15, -0.1) is 0 Å². The lowest BCUT2D eigenvalue weighted by molar-refractivity contribution is -0.189. The highest BCUT2D eigenvalue weighted by Crippen LogP contribution is 2.40. The molecule has 2 atom stereocenters. The molecule has 40 heavy (non-hydrogen) atoms. The summed E-state index contributed by atoms with van der Waals surface area (Å²) >= 11 is 0. The predicted octanol–water partition coefficient (Wildman–Crippen LogP) is 5.69. The van der Waals surface area contributed by atoms with Gasteiger partial charge in [-0.1, -0.05) is 0 Å². The molecule has 0 amide bonds. The number of ether oxygens (including phenoxy) is 2. The molecule has 0 radical (unpaired) electrons. The summed E-state index contributed by atoms with van der Waals surface area (Å²) in [7, 11) is -2.66. The third-order valence-corrected chi connectivity index (χ3v) is 7.12. The van der Waals surface area contributed by atoms with Crippen molar-refractivity contribution < 1.29 is 31.2 Å². The molecule has 0 bridgehead atoms. The molecule has 0 saturated carbocycles. The minimum Gasteiger partial charge on any atom is -0.491 e. The molecule has 1 aliphatic heterocycles. The number of alkyl halides is 3. The first kappa shape index (κ1) is 29.7. The van der Waals surface area contributed by atoms with E-state index in [0.717, 1.165) is 45.1 Å². The lowest BCUT2D eigenvalue weighted by Gasteiger charge is -2.22. The van der Waals surface area contributed by atoms with Crippen molar-refractivity contribution in [3.8, 4) is 11.5 Å². The van der Waals surface area contributed by atoms with E-state index in [1.165, 1.54) is 31.5 Å². The van der Waals surface area contributed by atoms with Crippen LogP contribution in [-0.4, -0.2) is 69.7 Å². The molecule has 1 saturated heterocycles. The van der Waals surface area contributed by atoms with E-state index in [0.29, 0.717) is 34.5 Å². The molecular weight excluding hydrogens is 550 g/mol. The second-order valence-electron chi connectivity index (χ2n) is 9.92. The van der Waals surface area contributed by atoms with Crippen LogP contribution in [0.4, 0.5) is 34.8 Å². The fourth-order valence-corrected chi connectivity index (χ4v) is 5.15. The molecule has 1 fully saturated rings. The molecule has 218 valence electrons. The van der Waals surface area contributed by atoms with Crippen LogP contribution in [-0.2, 0) is 9.71 Å². The Bertz CT molecular complexity index is 1460. The van der Waals surface area contributed by atoms with Crippen LogP contribution in [0.1, 0.15) is 31.7 Å². The zero-order valence-corrected chi connectivity index (χ0v) is 23.4. The molecule has 4 rings (SSSR count). The van der Waals surface area contributed by atoms with E-state index in [1.54, 1.807) is 13.0 Å². The highest BCUT2D eigenvalue weighted by Gasteiger charge is 2.38. The molecule has 8 nitrogen and oxygen atoms in total. The second kappa shape index (κ2) is 12.0. The van der Waals surface area contributed by atoms with E-state index in [4.69, 9.17) is 9.47 Å². The standard InChI is InChI=1S/C27H33F4N5O3S/c1-17-24-21(15-22(35-40(3,4)37)25(17)38-13-7-12-36-10-5-6-11-36)32-16-33-26(24)34-20-9-8-19(28)14-23(20)39-18(2)27(29,30)31/h8-9,14-16,18H,3,5-7,10-13H2,1-2,4H3,(H,35,37)(H,32,33,34). The monoisotopic (exact) mass is 583 g/mol. The van der Waals surface area contributed by atoms with Crippen LogP contribution in [0.25, 0.3) is 10.9 Å². The Hall–Kier alpha value is -3.32. The summed E-state index contributed by atoms with van der Waals surface area (Å²) in [5.74, 6) is 3.29. The summed E-state index contributed by atoms with van der Waals surface area (Å²) in [4.78, 5) is 11.0. The summed E-state index contributed by atoms with van der Waals surface area (Å²) in [6.45, 7) is 6.08. The van der Waals surface area contributed by atoms with Crippen molar-refractivity contribution in [2.24, 2.45) is 0 Å². The topological polar surface area (TPSA) is 88.6 Å². The number of nitrogens with one attached hydrogen (secondary N) is 2. The fourth-order valence-electron chi connectivity index (χ4n) is 4.54. The maximum atomic E-state index is 14.0. The van der Waals surface area contributed by atoms with Crippen molar-refractivity contribution in [2.45, 2.75) is 45.4 Å². The Labute approximate surface area is 231 Å². The highest BCUT2D eigenvalue weighted by atomic mass is 32.2. The number of benzene rings is 2. The van der Waals surface area contributed by atoms with Crippen LogP contribution >= 0.6 is 0 Å². The molecule has 2 aromatic carbocycles. The first-order valence-corrected chi connectivity index (χ1v) is 15.0. The lowest BCUT2D eigenvalue weighted by atomic mass is 10.1. The van der Waals surface area contributed by atoms with Crippen LogP contribution in [0, 0.1) is 12.7 Å². The number of aromatic nitrogens is 2. The van der Waals surface area contributed by atoms with Gasteiger partial charge in [0.1, 0.15) is 29.5 Å². The molecule has 1 aromatic heterocycles. The Morgan fingerprint density at radius 1 is 1.18 bits per heavy atom. The van der Waals surface area contributed by atoms with Gasteiger partial charge in [-0.05, 0) is 70.3 Å².